The van der Waals surface area contributed by atoms with Gasteiger partial charge in [-0.15, -0.1) is 12.4 Å². The maximum atomic E-state index is 13.1. The number of hydrogen-bond donors (Lipinski definition) is 1. The molecule has 2 atom stereocenters. The molecular formula is C19H24ClF3N2O2. The predicted molar refractivity (Wildman–Crippen MR) is 99.4 cm³/mol. The first kappa shape index (κ1) is 21.6. The van der Waals surface area contributed by atoms with Crippen LogP contribution in [0.5, 0.6) is 5.75 Å². The molecule has 4 nitrogen and oxygen atoms in total. The van der Waals surface area contributed by atoms with Gasteiger partial charge in [0.2, 0.25) is 0 Å². The van der Waals surface area contributed by atoms with E-state index in [0.717, 1.165) is 38.1 Å². The van der Waals surface area contributed by atoms with Gasteiger partial charge in [0, 0.05) is 13.1 Å². The summed E-state index contributed by atoms with van der Waals surface area (Å²) in [6, 6.07) is 3.05. The van der Waals surface area contributed by atoms with Crippen molar-refractivity contribution in [1.29, 1.82) is 0 Å². The summed E-state index contributed by atoms with van der Waals surface area (Å²) >= 11 is 0. The lowest BCUT2D eigenvalue weighted by molar-refractivity contribution is -0.137. The third-order valence-corrected chi connectivity index (χ3v) is 5.20. The van der Waals surface area contributed by atoms with Gasteiger partial charge in [-0.3, -0.25) is 4.79 Å². The fourth-order valence-corrected chi connectivity index (χ4v) is 3.74. The maximum Gasteiger partial charge on any atom is 0.416 e. The summed E-state index contributed by atoms with van der Waals surface area (Å²) in [7, 11) is 0. The standard InChI is InChI=1S/C19H23F3N2O2.ClH/c1-2-9-26-17-4-3-15(19(20,21)22)10-16(17)18(25)24-7-5-13-11-23-12-14(13)6-8-24;/h2-4,10,13-14,23H,1,5-9,11-12H2;1H/t13-,14+;. The van der Waals surface area contributed by atoms with E-state index in [1.54, 1.807) is 4.90 Å². The molecule has 0 saturated carbocycles. The van der Waals surface area contributed by atoms with Crippen molar-refractivity contribution >= 4 is 18.3 Å². The van der Waals surface area contributed by atoms with E-state index < -0.39 is 17.6 Å². The van der Waals surface area contributed by atoms with Crippen LogP contribution in [0.25, 0.3) is 0 Å². The van der Waals surface area contributed by atoms with Crippen LogP contribution in [-0.2, 0) is 6.18 Å². The molecule has 2 aliphatic heterocycles. The molecule has 3 rings (SSSR count). The number of benzene rings is 1. The number of amides is 1. The molecular weight excluding hydrogens is 381 g/mol. The van der Waals surface area contributed by atoms with Gasteiger partial charge in [0.15, 0.2) is 0 Å². The zero-order valence-electron chi connectivity index (χ0n) is 14.9. The van der Waals surface area contributed by atoms with Crippen LogP contribution in [-0.4, -0.2) is 43.6 Å². The Balaban J connectivity index is 0.00000261. The van der Waals surface area contributed by atoms with Gasteiger partial charge in [0.1, 0.15) is 12.4 Å². The minimum absolute atomic E-state index is 0. The van der Waals surface area contributed by atoms with Crippen molar-refractivity contribution in [1.82, 2.24) is 10.2 Å². The van der Waals surface area contributed by atoms with Crippen LogP contribution >= 0.6 is 12.4 Å². The van der Waals surface area contributed by atoms with Crippen molar-refractivity contribution in [3.63, 3.8) is 0 Å². The van der Waals surface area contributed by atoms with E-state index in [9.17, 15) is 18.0 Å². The molecule has 2 fully saturated rings. The molecule has 1 N–H and O–H groups in total. The minimum atomic E-state index is -4.51. The molecule has 1 aromatic carbocycles. The number of carbonyl (C=O) groups is 1. The fraction of sp³-hybridized carbons (Fsp3) is 0.526. The molecule has 1 amide bonds. The van der Waals surface area contributed by atoms with Gasteiger partial charge in [0.05, 0.1) is 11.1 Å². The van der Waals surface area contributed by atoms with Gasteiger partial charge >= 0.3 is 6.18 Å². The Morgan fingerprint density at radius 2 is 1.89 bits per heavy atom. The fourth-order valence-electron chi connectivity index (χ4n) is 3.74. The summed E-state index contributed by atoms with van der Waals surface area (Å²) < 4.78 is 44.7. The number of fused-ring (bicyclic) bond motifs is 1. The Hall–Kier alpha value is -1.73. The number of ether oxygens (including phenoxy) is 1. The average Bonchev–Trinajstić information content (AvgIpc) is 2.97. The van der Waals surface area contributed by atoms with Gasteiger partial charge in [-0.05, 0) is 56.0 Å². The zero-order valence-corrected chi connectivity index (χ0v) is 15.7. The second-order valence-electron chi connectivity index (χ2n) is 6.86. The Morgan fingerprint density at radius 1 is 1.26 bits per heavy atom. The van der Waals surface area contributed by atoms with Crippen molar-refractivity contribution in [3.8, 4) is 5.75 Å². The molecule has 1 aromatic rings. The average molecular weight is 405 g/mol. The molecule has 2 aliphatic rings. The van der Waals surface area contributed by atoms with Crippen molar-refractivity contribution < 1.29 is 22.7 Å². The van der Waals surface area contributed by atoms with E-state index in [0.29, 0.717) is 24.9 Å². The van der Waals surface area contributed by atoms with E-state index in [1.165, 1.54) is 12.1 Å². The second-order valence-corrected chi connectivity index (χ2v) is 6.86. The number of likely N-dealkylation sites (tertiary alicyclic amines) is 1. The predicted octanol–water partition coefficient (Wildman–Crippen LogP) is 3.76. The number of rotatable bonds is 4. The zero-order chi connectivity index (χ0) is 18.7. The van der Waals surface area contributed by atoms with E-state index in [-0.39, 0.29) is 30.3 Å². The Bertz CT molecular complexity index is 667. The van der Waals surface area contributed by atoms with Crippen LogP contribution in [0.2, 0.25) is 0 Å². The van der Waals surface area contributed by atoms with Crippen molar-refractivity contribution in [2.45, 2.75) is 19.0 Å². The summed E-state index contributed by atoms with van der Waals surface area (Å²) in [4.78, 5) is 14.6. The van der Waals surface area contributed by atoms with E-state index >= 15 is 0 Å². The molecule has 0 bridgehead atoms. The van der Waals surface area contributed by atoms with E-state index in [4.69, 9.17) is 4.74 Å². The number of nitrogens with zero attached hydrogens (tertiary/aromatic N) is 1. The SMILES string of the molecule is C=CCOc1ccc(C(F)(F)F)cc1C(=O)N1CC[C@@H]2CNC[C@@H]2CC1.Cl. The highest BCUT2D eigenvalue weighted by Crippen LogP contribution is 2.34. The number of carbonyl (C=O) groups excluding carboxylic acids is 1. The summed E-state index contributed by atoms with van der Waals surface area (Å²) in [5.41, 5.74) is -0.880. The van der Waals surface area contributed by atoms with E-state index in [1.807, 2.05) is 0 Å². The molecule has 2 heterocycles. The Kier molecular flexibility index (Phi) is 7.17. The van der Waals surface area contributed by atoms with Crippen molar-refractivity contribution in [3.05, 3.63) is 42.0 Å². The first-order valence-corrected chi connectivity index (χ1v) is 8.85. The molecule has 0 aromatic heterocycles. The van der Waals surface area contributed by atoms with Crippen LogP contribution in [0.4, 0.5) is 13.2 Å². The summed E-state index contributed by atoms with van der Waals surface area (Å²) in [6.45, 7) is 6.67. The lowest BCUT2D eigenvalue weighted by Gasteiger charge is -2.23. The van der Waals surface area contributed by atoms with Gasteiger partial charge in [-0.2, -0.15) is 13.2 Å². The highest BCUT2D eigenvalue weighted by atomic mass is 35.5. The van der Waals surface area contributed by atoms with Gasteiger partial charge < -0.3 is 15.0 Å². The minimum Gasteiger partial charge on any atom is -0.489 e. The largest absolute Gasteiger partial charge is 0.489 e. The van der Waals surface area contributed by atoms with Gasteiger partial charge in [-0.25, -0.2) is 0 Å². The van der Waals surface area contributed by atoms with Crippen molar-refractivity contribution in [2.75, 3.05) is 32.8 Å². The Labute approximate surface area is 163 Å². The normalized spacial score (nSPS) is 22.4. The highest BCUT2D eigenvalue weighted by Gasteiger charge is 2.35. The van der Waals surface area contributed by atoms with Crippen LogP contribution < -0.4 is 10.1 Å². The van der Waals surface area contributed by atoms with Gasteiger partial charge in [-0.1, -0.05) is 12.7 Å². The highest BCUT2D eigenvalue weighted by molar-refractivity contribution is 5.97. The second kappa shape index (κ2) is 8.97. The molecule has 0 spiro atoms. The third-order valence-electron chi connectivity index (χ3n) is 5.20. The van der Waals surface area contributed by atoms with Crippen LogP contribution in [0.15, 0.2) is 30.9 Å². The molecule has 150 valence electrons. The van der Waals surface area contributed by atoms with Crippen LogP contribution in [0.3, 0.4) is 0 Å². The number of alkyl halides is 3. The lowest BCUT2D eigenvalue weighted by Crippen LogP contribution is -2.33. The quantitative estimate of drug-likeness (QED) is 0.777. The summed E-state index contributed by atoms with van der Waals surface area (Å²) in [6.07, 6.45) is -1.28. The molecule has 0 radical (unpaired) electrons. The monoisotopic (exact) mass is 404 g/mol. The number of nitrogens with one attached hydrogen (secondary N) is 1. The molecule has 0 unspecified atom stereocenters. The topological polar surface area (TPSA) is 41.6 Å². The third kappa shape index (κ3) is 4.96. The molecule has 2 saturated heterocycles. The van der Waals surface area contributed by atoms with Crippen LogP contribution in [0, 0.1) is 11.8 Å². The summed E-state index contributed by atoms with van der Waals surface area (Å²) in [5.74, 6) is 0.827. The first-order valence-electron chi connectivity index (χ1n) is 8.85. The maximum absolute atomic E-state index is 13.1. The van der Waals surface area contributed by atoms with Crippen molar-refractivity contribution in [2.24, 2.45) is 11.8 Å². The number of halogens is 4. The lowest BCUT2D eigenvalue weighted by atomic mass is 9.92. The van der Waals surface area contributed by atoms with Crippen LogP contribution in [0.1, 0.15) is 28.8 Å². The molecule has 8 heteroatoms. The summed E-state index contributed by atoms with van der Waals surface area (Å²) in [5, 5.41) is 3.37. The molecule has 27 heavy (non-hydrogen) atoms. The van der Waals surface area contributed by atoms with E-state index in [2.05, 4.69) is 11.9 Å². The number of hydrogen-bond acceptors (Lipinski definition) is 3. The van der Waals surface area contributed by atoms with Gasteiger partial charge in [0.25, 0.3) is 5.91 Å². The first-order chi connectivity index (χ1) is 12.4. The Morgan fingerprint density at radius 3 is 2.44 bits per heavy atom. The molecule has 0 aliphatic carbocycles. The smallest absolute Gasteiger partial charge is 0.416 e.